The Hall–Kier alpha value is -2.96. The Morgan fingerprint density at radius 3 is 2.54 bits per heavy atom. The number of aromatic nitrogens is 2. The van der Waals surface area contributed by atoms with Crippen LogP contribution in [0, 0.1) is 11.8 Å². The quantitative estimate of drug-likeness (QED) is 0.780. The van der Waals surface area contributed by atoms with E-state index in [9.17, 15) is 14.4 Å². The number of carbonyl (C=O) groups is 3. The van der Waals surface area contributed by atoms with E-state index in [-0.39, 0.29) is 42.5 Å². The number of hydrogen-bond acceptors (Lipinski definition) is 4. The second-order valence-corrected chi connectivity index (χ2v) is 7.53. The van der Waals surface area contributed by atoms with Crippen molar-refractivity contribution in [3.05, 3.63) is 48.3 Å². The summed E-state index contributed by atoms with van der Waals surface area (Å²) in [4.78, 5) is 38.6. The summed E-state index contributed by atoms with van der Waals surface area (Å²) in [5.41, 5.74) is 1.72. The lowest BCUT2D eigenvalue weighted by atomic mass is 9.81. The van der Waals surface area contributed by atoms with Gasteiger partial charge in [-0.1, -0.05) is 25.0 Å². The summed E-state index contributed by atoms with van der Waals surface area (Å²) in [6.45, 7) is 0.778. The third kappa shape index (κ3) is 3.83. The maximum absolute atomic E-state index is 12.5. The fraction of sp³-hybridized carbons (Fsp3) is 0.429. The van der Waals surface area contributed by atoms with E-state index >= 15 is 0 Å². The minimum absolute atomic E-state index is 0.0938. The molecule has 2 fully saturated rings. The van der Waals surface area contributed by atoms with Crippen LogP contribution in [0.25, 0.3) is 0 Å². The van der Waals surface area contributed by atoms with Crippen LogP contribution in [0.3, 0.4) is 0 Å². The van der Waals surface area contributed by atoms with Gasteiger partial charge in [0, 0.05) is 31.0 Å². The van der Waals surface area contributed by atoms with Crippen molar-refractivity contribution in [1.29, 1.82) is 0 Å². The molecule has 1 aliphatic carbocycles. The molecule has 2 aromatic rings. The van der Waals surface area contributed by atoms with Gasteiger partial charge in [-0.25, -0.2) is 0 Å². The molecule has 28 heavy (non-hydrogen) atoms. The highest BCUT2D eigenvalue weighted by atomic mass is 16.2. The van der Waals surface area contributed by atoms with Gasteiger partial charge in [0.05, 0.1) is 18.4 Å². The lowest BCUT2D eigenvalue weighted by molar-refractivity contribution is -0.140. The van der Waals surface area contributed by atoms with Crippen molar-refractivity contribution in [2.24, 2.45) is 11.8 Å². The largest absolute Gasteiger partial charge is 0.326 e. The van der Waals surface area contributed by atoms with Crippen LogP contribution >= 0.6 is 0 Å². The van der Waals surface area contributed by atoms with E-state index in [2.05, 4.69) is 10.4 Å². The normalized spacial score (nSPS) is 21.6. The lowest BCUT2D eigenvalue weighted by Crippen LogP contribution is -2.34. The first-order valence-electron chi connectivity index (χ1n) is 9.83. The maximum atomic E-state index is 12.5. The van der Waals surface area contributed by atoms with Crippen LogP contribution in [0.4, 0.5) is 5.69 Å². The van der Waals surface area contributed by atoms with E-state index in [4.69, 9.17) is 0 Å². The van der Waals surface area contributed by atoms with E-state index in [0.717, 1.165) is 31.2 Å². The van der Waals surface area contributed by atoms with Crippen LogP contribution in [0.5, 0.6) is 0 Å². The van der Waals surface area contributed by atoms with Gasteiger partial charge in [0.25, 0.3) is 0 Å². The van der Waals surface area contributed by atoms with Crippen LogP contribution in [0.1, 0.15) is 37.7 Å². The fourth-order valence-corrected chi connectivity index (χ4v) is 4.22. The zero-order chi connectivity index (χ0) is 19.5. The maximum Gasteiger partial charge on any atom is 0.233 e. The highest BCUT2D eigenvalue weighted by Crippen LogP contribution is 2.37. The number of nitrogens with zero attached hydrogens (tertiary/aromatic N) is 3. The molecular formula is C21H24N4O3. The number of likely N-dealkylation sites (tertiary alicyclic amines) is 1. The highest BCUT2D eigenvalue weighted by Gasteiger charge is 2.47. The molecule has 0 radical (unpaired) electrons. The van der Waals surface area contributed by atoms with Crippen molar-refractivity contribution in [3.63, 3.8) is 0 Å². The van der Waals surface area contributed by atoms with E-state index in [1.54, 1.807) is 6.20 Å². The summed E-state index contributed by atoms with van der Waals surface area (Å²) < 4.78 is 1.81. The molecular weight excluding hydrogens is 356 g/mol. The van der Waals surface area contributed by atoms with E-state index < -0.39 is 0 Å². The number of hydrogen-bond donors (Lipinski definition) is 1. The Balaban J connectivity index is 1.32. The van der Waals surface area contributed by atoms with Gasteiger partial charge in [0.15, 0.2) is 0 Å². The molecule has 0 bridgehead atoms. The SMILES string of the molecule is O=C(CCN1C(=O)C2CCCCC2C1=O)Nc1cccc(Cn2cccn2)c1. The Morgan fingerprint density at radius 1 is 1.11 bits per heavy atom. The summed E-state index contributed by atoms with van der Waals surface area (Å²) in [6.07, 6.45) is 7.31. The van der Waals surface area contributed by atoms with Crippen LogP contribution in [-0.4, -0.2) is 38.9 Å². The van der Waals surface area contributed by atoms with E-state index in [0.29, 0.717) is 12.2 Å². The lowest BCUT2D eigenvalue weighted by Gasteiger charge is -2.19. The van der Waals surface area contributed by atoms with Gasteiger partial charge in [-0.05, 0) is 36.6 Å². The number of nitrogens with one attached hydrogen (secondary N) is 1. The molecule has 1 aromatic heterocycles. The van der Waals surface area contributed by atoms with Gasteiger partial charge in [0.2, 0.25) is 17.7 Å². The van der Waals surface area contributed by atoms with Crippen molar-refractivity contribution in [1.82, 2.24) is 14.7 Å². The molecule has 7 heteroatoms. The number of anilines is 1. The number of amides is 3. The number of benzene rings is 1. The standard InChI is InChI=1S/C21H24N4O3/c26-19(9-12-25-20(27)17-7-1-2-8-18(17)21(25)28)23-16-6-3-5-15(13-16)14-24-11-4-10-22-24/h3-6,10-11,13,17-18H,1-2,7-9,12,14H2,(H,23,26). The molecule has 2 heterocycles. The first kappa shape index (κ1) is 18.4. The second-order valence-electron chi connectivity index (χ2n) is 7.53. The monoisotopic (exact) mass is 380 g/mol. The average Bonchev–Trinajstić information content (AvgIpc) is 3.28. The summed E-state index contributed by atoms with van der Waals surface area (Å²) >= 11 is 0. The number of fused-ring (bicyclic) bond motifs is 1. The molecule has 2 aliphatic rings. The van der Waals surface area contributed by atoms with Gasteiger partial charge in [-0.2, -0.15) is 5.10 Å². The fourth-order valence-electron chi connectivity index (χ4n) is 4.22. The molecule has 7 nitrogen and oxygen atoms in total. The molecule has 0 spiro atoms. The van der Waals surface area contributed by atoms with Gasteiger partial charge in [-0.15, -0.1) is 0 Å². The van der Waals surface area contributed by atoms with Crippen molar-refractivity contribution < 1.29 is 14.4 Å². The van der Waals surface area contributed by atoms with Gasteiger partial charge in [0.1, 0.15) is 0 Å². The van der Waals surface area contributed by atoms with Crippen molar-refractivity contribution in [2.75, 3.05) is 11.9 Å². The second kappa shape index (κ2) is 7.96. The first-order chi connectivity index (χ1) is 13.6. The van der Waals surface area contributed by atoms with E-state index in [1.165, 1.54) is 4.90 Å². The molecule has 1 N–H and O–H groups in total. The molecule has 1 aliphatic heterocycles. The van der Waals surface area contributed by atoms with Crippen molar-refractivity contribution in [2.45, 2.75) is 38.6 Å². The van der Waals surface area contributed by atoms with Crippen LogP contribution in [-0.2, 0) is 20.9 Å². The molecule has 1 aromatic carbocycles. The highest BCUT2D eigenvalue weighted by molar-refractivity contribution is 6.05. The molecule has 4 rings (SSSR count). The topological polar surface area (TPSA) is 84.3 Å². The third-order valence-corrected chi connectivity index (χ3v) is 5.61. The van der Waals surface area contributed by atoms with Gasteiger partial charge < -0.3 is 5.32 Å². The first-order valence-corrected chi connectivity index (χ1v) is 9.83. The molecule has 3 amide bonds. The number of imide groups is 1. The summed E-state index contributed by atoms with van der Waals surface area (Å²) in [5, 5.41) is 7.04. The zero-order valence-electron chi connectivity index (χ0n) is 15.7. The summed E-state index contributed by atoms with van der Waals surface area (Å²) in [7, 11) is 0. The Labute approximate surface area is 163 Å². The summed E-state index contributed by atoms with van der Waals surface area (Å²) in [6, 6.07) is 9.45. The Bertz CT molecular complexity index is 854. The van der Waals surface area contributed by atoms with E-state index in [1.807, 2.05) is 41.2 Å². The van der Waals surface area contributed by atoms with Crippen molar-refractivity contribution >= 4 is 23.4 Å². The van der Waals surface area contributed by atoms with Crippen LogP contribution in [0.15, 0.2) is 42.7 Å². The molecule has 1 saturated heterocycles. The predicted molar refractivity (Wildman–Crippen MR) is 103 cm³/mol. The molecule has 1 saturated carbocycles. The average molecular weight is 380 g/mol. The number of carbonyl (C=O) groups excluding carboxylic acids is 3. The molecule has 146 valence electrons. The van der Waals surface area contributed by atoms with Crippen molar-refractivity contribution in [3.8, 4) is 0 Å². The van der Waals surface area contributed by atoms with Gasteiger partial charge >= 0.3 is 0 Å². The third-order valence-electron chi connectivity index (χ3n) is 5.61. The molecule has 2 atom stereocenters. The smallest absolute Gasteiger partial charge is 0.233 e. The van der Waals surface area contributed by atoms with Crippen LogP contribution < -0.4 is 5.32 Å². The zero-order valence-corrected chi connectivity index (χ0v) is 15.7. The Morgan fingerprint density at radius 2 is 1.86 bits per heavy atom. The molecule has 2 unspecified atom stereocenters. The number of rotatable bonds is 6. The minimum atomic E-state index is -0.202. The predicted octanol–water partition coefficient (Wildman–Crippen LogP) is 2.44. The minimum Gasteiger partial charge on any atom is -0.326 e. The Kier molecular flexibility index (Phi) is 5.23. The summed E-state index contributed by atoms with van der Waals surface area (Å²) in [5.74, 6) is -0.717. The van der Waals surface area contributed by atoms with Gasteiger partial charge in [-0.3, -0.25) is 24.0 Å². The van der Waals surface area contributed by atoms with Crippen LogP contribution in [0.2, 0.25) is 0 Å².